The molecule has 22 heavy (non-hydrogen) atoms. The van der Waals surface area contributed by atoms with Crippen molar-refractivity contribution in [2.24, 2.45) is 0 Å². The Bertz CT molecular complexity index is 964. The summed E-state index contributed by atoms with van der Waals surface area (Å²) in [5.74, 6) is 0. The number of allylic oxidation sites excluding steroid dienone is 4. The molecule has 0 aliphatic rings. The number of thioether (sulfide) groups is 1. The summed E-state index contributed by atoms with van der Waals surface area (Å²) in [6.45, 7) is 3.88. The highest BCUT2D eigenvalue weighted by molar-refractivity contribution is 7.98. The van der Waals surface area contributed by atoms with Gasteiger partial charge in [-0.1, -0.05) is 42.1 Å². The molecule has 0 atom stereocenters. The molecule has 0 saturated carbocycles. The summed E-state index contributed by atoms with van der Waals surface area (Å²) in [6.07, 6.45) is 7.74. The van der Waals surface area contributed by atoms with Crippen molar-refractivity contribution in [1.29, 1.82) is 0 Å². The average Bonchev–Trinajstić information content (AvgIpc) is 2.91. The standard InChI is InChI=1S/C17H16N2OS2/c1-4-8-11(5-2)19-16(20)14-12-9-6-7-10-13(12)22-15(14)18-17(19)21-3/h4-10H,1-3H3/b8-4-,11-5+. The van der Waals surface area contributed by atoms with E-state index in [1.165, 1.54) is 11.8 Å². The zero-order valence-corrected chi connectivity index (χ0v) is 14.3. The highest BCUT2D eigenvalue weighted by Gasteiger charge is 2.16. The normalized spacial score (nSPS) is 12.8. The van der Waals surface area contributed by atoms with E-state index in [9.17, 15) is 4.79 Å². The maximum Gasteiger partial charge on any atom is 0.268 e. The number of fused-ring (bicyclic) bond motifs is 3. The molecular weight excluding hydrogens is 312 g/mol. The number of benzene rings is 1. The van der Waals surface area contributed by atoms with Gasteiger partial charge >= 0.3 is 0 Å². The Labute approximate surface area is 137 Å². The second-order valence-electron chi connectivity index (χ2n) is 4.73. The van der Waals surface area contributed by atoms with Crippen LogP contribution in [0.15, 0.2) is 52.4 Å². The van der Waals surface area contributed by atoms with Crippen LogP contribution in [-0.4, -0.2) is 15.8 Å². The van der Waals surface area contributed by atoms with Gasteiger partial charge in [-0.05, 0) is 32.2 Å². The van der Waals surface area contributed by atoms with E-state index in [4.69, 9.17) is 4.98 Å². The molecule has 112 valence electrons. The number of hydrogen-bond donors (Lipinski definition) is 0. The van der Waals surface area contributed by atoms with Gasteiger partial charge in [0.2, 0.25) is 0 Å². The molecule has 0 aliphatic carbocycles. The summed E-state index contributed by atoms with van der Waals surface area (Å²) in [6, 6.07) is 7.98. The lowest BCUT2D eigenvalue weighted by Crippen LogP contribution is -2.21. The molecule has 0 fully saturated rings. The van der Waals surface area contributed by atoms with Crippen LogP contribution < -0.4 is 5.56 Å². The highest BCUT2D eigenvalue weighted by Crippen LogP contribution is 2.32. The Morgan fingerprint density at radius 2 is 2.09 bits per heavy atom. The molecule has 1 aromatic carbocycles. The molecule has 3 nitrogen and oxygen atoms in total. The zero-order valence-electron chi connectivity index (χ0n) is 12.7. The fourth-order valence-corrected chi connectivity index (χ4v) is 4.17. The van der Waals surface area contributed by atoms with Crippen LogP contribution in [0.1, 0.15) is 13.8 Å². The van der Waals surface area contributed by atoms with Crippen molar-refractivity contribution >= 4 is 49.1 Å². The molecule has 0 aliphatic heterocycles. The first kappa shape index (κ1) is 15.1. The van der Waals surface area contributed by atoms with Gasteiger partial charge in [0.25, 0.3) is 5.56 Å². The minimum Gasteiger partial charge on any atom is -0.268 e. The first-order valence-electron chi connectivity index (χ1n) is 6.99. The molecule has 0 unspecified atom stereocenters. The molecule has 2 heterocycles. The van der Waals surface area contributed by atoms with Crippen molar-refractivity contribution in [2.75, 3.05) is 6.26 Å². The van der Waals surface area contributed by atoms with Gasteiger partial charge in [-0.15, -0.1) is 11.3 Å². The summed E-state index contributed by atoms with van der Waals surface area (Å²) in [4.78, 5) is 18.6. The molecule has 0 amide bonds. The predicted octanol–water partition coefficient (Wildman–Crippen LogP) is 4.77. The first-order valence-corrected chi connectivity index (χ1v) is 9.03. The third kappa shape index (κ3) is 2.30. The van der Waals surface area contributed by atoms with Gasteiger partial charge < -0.3 is 0 Å². The van der Waals surface area contributed by atoms with Gasteiger partial charge in [0.1, 0.15) is 4.83 Å². The van der Waals surface area contributed by atoms with Crippen molar-refractivity contribution in [3.63, 3.8) is 0 Å². The van der Waals surface area contributed by atoms with E-state index >= 15 is 0 Å². The molecule has 0 N–H and O–H groups in total. The van der Waals surface area contributed by atoms with Crippen molar-refractivity contribution in [1.82, 2.24) is 9.55 Å². The smallest absolute Gasteiger partial charge is 0.268 e. The van der Waals surface area contributed by atoms with Gasteiger partial charge in [-0.3, -0.25) is 9.36 Å². The van der Waals surface area contributed by atoms with Crippen LogP contribution in [0.4, 0.5) is 0 Å². The zero-order chi connectivity index (χ0) is 15.7. The summed E-state index contributed by atoms with van der Waals surface area (Å²) in [5.41, 5.74) is 0.847. The minimum atomic E-state index is -0.00185. The Morgan fingerprint density at radius 1 is 1.32 bits per heavy atom. The third-order valence-electron chi connectivity index (χ3n) is 3.46. The Hall–Kier alpha value is -1.85. The van der Waals surface area contributed by atoms with Crippen molar-refractivity contribution < 1.29 is 0 Å². The lowest BCUT2D eigenvalue weighted by atomic mass is 10.2. The van der Waals surface area contributed by atoms with E-state index in [2.05, 4.69) is 0 Å². The van der Waals surface area contributed by atoms with Crippen LogP contribution in [0.2, 0.25) is 0 Å². The fraction of sp³-hybridized carbons (Fsp3) is 0.176. The fourth-order valence-electron chi connectivity index (χ4n) is 2.49. The van der Waals surface area contributed by atoms with Crippen LogP contribution in [0.25, 0.3) is 26.0 Å². The number of rotatable bonds is 3. The lowest BCUT2D eigenvalue weighted by molar-refractivity contribution is 0.847. The van der Waals surface area contributed by atoms with E-state index in [1.807, 2.05) is 62.6 Å². The molecule has 5 heteroatoms. The first-order chi connectivity index (χ1) is 10.7. The van der Waals surface area contributed by atoms with Crippen LogP contribution in [0.3, 0.4) is 0 Å². The highest BCUT2D eigenvalue weighted by atomic mass is 32.2. The maximum absolute atomic E-state index is 13.1. The number of aromatic nitrogens is 2. The average molecular weight is 328 g/mol. The quantitative estimate of drug-likeness (QED) is 0.394. The van der Waals surface area contributed by atoms with Gasteiger partial charge in [0.15, 0.2) is 5.16 Å². The van der Waals surface area contributed by atoms with E-state index < -0.39 is 0 Å². The lowest BCUT2D eigenvalue weighted by Gasteiger charge is -2.11. The molecule has 0 spiro atoms. The van der Waals surface area contributed by atoms with E-state index in [1.54, 1.807) is 15.9 Å². The van der Waals surface area contributed by atoms with Gasteiger partial charge in [0.05, 0.1) is 5.39 Å². The third-order valence-corrected chi connectivity index (χ3v) is 5.16. The van der Waals surface area contributed by atoms with E-state index in [0.29, 0.717) is 5.39 Å². The second kappa shape index (κ2) is 6.10. The Morgan fingerprint density at radius 3 is 2.77 bits per heavy atom. The van der Waals surface area contributed by atoms with Crippen LogP contribution >= 0.6 is 23.1 Å². The Balaban J connectivity index is 2.48. The van der Waals surface area contributed by atoms with Crippen molar-refractivity contribution in [3.05, 3.63) is 52.8 Å². The van der Waals surface area contributed by atoms with Gasteiger partial charge in [-0.25, -0.2) is 4.98 Å². The summed E-state index contributed by atoms with van der Waals surface area (Å²) >= 11 is 3.06. The molecule has 3 aromatic rings. The minimum absolute atomic E-state index is 0.00185. The van der Waals surface area contributed by atoms with E-state index in [-0.39, 0.29) is 5.56 Å². The second-order valence-corrected chi connectivity index (χ2v) is 6.54. The topological polar surface area (TPSA) is 34.9 Å². The molecule has 3 rings (SSSR count). The SMILES string of the molecule is C/C=C\C(=C/C)n1c(SC)nc2sc3ccccc3c2c1=O. The summed E-state index contributed by atoms with van der Waals surface area (Å²) < 4.78 is 2.80. The molecule has 0 radical (unpaired) electrons. The molecule has 0 saturated heterocycles. The van der Waals surface area contributed by atoms with Crippen LogP contribution in [0.5, 0.6) is 0 Å². The monoisotopic (exact) mass is 328 g/mol. The van der Waals surface area contributed by atoms with Crippen LogP contribution in [0, 0.1) is 0 Å². The van der Waals surface area contributed by atoms with Crippen LogP contribution in [-0.2, 0) is 0 Å². The Kier molecular flexibility index (Phi) is 4.18. The molecule has 0 bridgehead atoms. The predicted molar refractivity (Wildman–Crippen MR) is 97.9 cm³/mol. The summed E-state index contributed by atoms with van der Waals surface area (Å²) in [7, 11) is 0. The van der Waals surface area contributed by atoms with E-state index in [0.717, 1.165) is 25.8 Å². The molecular formula is C17H16N2OS2. The van der Waals surface area contributed by atoms with Gasteiger partial charge in [-0.2, -0.15) is 0 Å². The van der Waals surface area contributed by atoms with Crippen molar-refractivity contribution in [2.45, 2.75) is 19.0 Å². The van der Waals surface area contributed by atoms with Gasteiger partial charge in [0, 0.05) is 15.8 Å². The largest absolute Gasteiger partial charge is 0.268 e. The maximum atomic E-state index is 13.1. The summed E-state index contributed by atoms with van der Waals surface area (Å²) in [5, 5.41) is 2.41. The number of hydrogen-bond acceptors (Lipinski definition) is 4. The number of nitrogens with zero attached hydrogens (tertiary/aromatic N) is 2. The van der Waals surface area contributed by atoms with Crippen molar-refractivity contribution in [3.8, 4) is 0 Å². The molecule has 2 aromatic heterocycles. The number of thiophene rings is 1.